The molecular formula is C24H24N4O3S2. The van der Waals surface area contributed by atoms with Crippen LogP contribution in [0.1, 0.15) is 19.3 Å². The number of hydrogen-bond acceptors (Lipinski definition) is 5. The van der Waals surface area contributed by atoms with E-state index >= 15 is 0 Å². The second kappa shape index (κ2) is 9.52. The minimum absolute atomic E-state index is 0.344. The van der Waals surface area contributed by atoms with Crippen molar-refractivity contribution >= 4 is 28.2 Å². The first kappa shape index (κ1) is 21.9. The molecule has 4 aromatic rings. The van der Waals surface area contributed by atoms with Crippen molar-refractivity contribution in [3.05, 3.63) is 81.8 Å². The van der Waals surface area contributed by atoms with Crippen molar-refractivity contribution in [3.63, 3.8) is 0 Å². The van der Waals surface area contributed by atoms with E-state index in [4.69, 9.17) is 0 Å². The molecule has 1 atom stereocenters. The summed E-state index contributed by atoms with van der Waals surface area (Å²) in [5.41, 5.74) is 1.33. The summed E-state index contributed by atoms with van der Waals surface area (Å²) in [7, 11) is -1.36. The molecule has 0 N–H and O–H groups in total. The first-order valence-electron chi connectivity index (χ1n) is 11.0. The van der Waals surface area contributed by atoms with Crippen LogP contribution in [0.3, 0.4) is 0 Å². The summed E-state index contributed by atoms with van der Waals surface area (Å²) in [6.07, 6.45) is 5.96. The number of imidazole rings is 1. The number of thioether (sulfide) groups is 1. The lowest BCUT2D eigenvalue weighted by molar-refractivity contribution is 0.488. The zero-order chi connectivity index (χ0) is 22.8. The maximum atomic E-state index is 13.4. The first-order chi connectivity index (χ1) is 16.1. The molecule has 0 aliphatic carbocycles. The van der Waals surface area contributed by atoms with Crippen LogP contribution in [0.25, 0.3) is 16.8 Å². The third-order valence-corrected chi connectivity index (χ3v) is 8.42. The molecule has 0 bridgehead atoms. The standard InChI is InChI=1S/C24H24N4O3S2/c29-22-21(18-8-2-1-3-9-18)23-28(14-7-17-33(23)31)24(30)27(22)13-4-5-16-32-20-11-6-10-19-25-12-15-26(19)20/h1-3,6,8-12,15H,4-5,7,13-14,16-17H2. The van der Waals surface area contributed by atoms with Crippen LogP contribution in [0.5, 0.6) is 0 Å². The molecule has 0 fully saturated rings. The predicted molar refractivity (Wildman–Crippen MR) is 131 cm³/mol. The topological polar surface area (TPSA) is 78.4 Å². The molecule has 4 heterocycles. The largest absolute Gasteiger partial charge is 0.331 e. The van der Waals surface area contributed by atoms with E-state index in [1.165, 1.54) is 4.57 Å². The van der Waals surface area contributed by atoms with Crippen LogP contribution in [-0.4, -0.2) is 34.2 Å². The Bertz CT molecular complexity index is 1440. The molecular weight excluding hydrogens is 456 g/mol. The summed E-state index contributed by atoms with van der Waals surface area (Å²) in [6, 6.07) is 15.3. The van der Waals surface area contributed by atoms with Gasteiger partial charge in [-0.05, 0) is 42.7 Å². The fourth-order valence-electron chi connectivity index (χ4n) is 4.20. The smallest absolute Gasteiger partial charge is 0.294 e. The number of pyridine rings is 1. The molecule has 0 saturated heterocycles. The SMILES string of the molecule is O=c1c(-c2ccccc2)c2n(c(=O)n1CCCCSc1cccc3nccn13)CCCS2=O. The molecule has 0 radical (unpaired) electrons. The maximum absolute atomic E-state index is 13.4. The average Bonchev–Trinajstić information content (AvgIpc) is 3.32. The Hall–Kier alpha value is -2.91. The van der Waals surface area contributed by atoms with Crippen molar-refractivity contribution in [2.45, 2.75) is 42.4 Å². The minimum atomic E-state index is -1.36. The van der Waals surface area contributed by atoms with Gasteiger partial charge in [-0.2, -0.15) is 0 Å². The molecule has 1 aliphatic rings. The number of rotatable bonds is 7. The zero-order valence-electron chi connectivity index (χ0n) is 18.1. The number of fused-ring (bicyclic) bond motifs is 2. The summed E-state index contributed by atoms with van der Waals surface area (Å²) in [5.74, 6) is 1.34. The molecule has 1 unspecified atom stereocenters. The van der Waals surface area contributed by atoms with Gasteiger partial charge in [-0.15, -0.1) is 11.8 Å². The molecule has 0 spiro atoms. The van der Waals surface area contributed by atoms with Crippen LogP contribution in [-0.2, 0) is 23.9 Å². The van der Waals surface area contributed by atoms with E-state index in [9.17, 15) is 13.8 Å². The van der Waals surface area contributed by atoms with Crippen molar-refractivity contribution in [2.75, 3.05) is 11.5 Å². The average molecular weight is 481 g/mol. The fourth-order valence-corrected chi connectivity index (χ4v) is 6.66. The second-order valence-corrected chi connectivity index (χ2v) is 10.5. The van der Waals surface area contributed by atoms with Crippen molar-refractivity contribution in [1.82, 2.24) is 18.5 Å². The Morgan fingerprint density at radius 2 is 1.88 bits per heavy atom. The maximum Gasteiger partial charge on any atom is 0.331 e. The molecule has 1 aromatic carbocycles. The quantitative estimate of drug-likeness (QED) is 0.230. The van der Waals surface area contributed by atoms with Crippen LogP contribution in [0, 0.1) is 0 Å². The van der Waals surface area contributed by atoms with Gasteiger partial charge < -0.3 is 0 Å². The minimum Gasteiger partial charge on any atom is -0.294 e. The van der Waals surface area contributed by atoms with Gasteiger partial charge in [-0.3, -0.25) is 22.5 Å². The molecule has 3 aromatic heterocycles. The summed E-state index contributed by atoms with van der Waals surface area (Å²) in [5, 5.41) is 1.49. The molecule has 5 rings (SSSR count). The van der Waals surface area contributed by atoms with E-state index in [1.54, 1.807) is 22.5 Å². The third-order valence-electron chi connectivity index (χ3n) is 5.79. The van der Waals surface area contributed by atoms with Gasteiger partial charge in [0.1, 0.15) is 10.7 Å². The molecule has 9 heteroatoms. The summed E-state index contributed by atoms with van der Waals surface area (Å²) < 4.78 is 17.7. The van der Waals surface area contributed by atoms with Crippen LogP contribution in [0.4, 0.5) is 0 Å². The number of unbranched alkanes of at least 4 members (excludes halogenated alkanes) is 1. The van der Waals surface area contributed by atoms with Gasteiger partial charge in [0, 0.05) is 31.2 Å². The number of aromatic nitrogens is 4. The Labute approximate surface area is 197 Å². The Morgan fingerprint density at radius 1 is 1.03 bits per heavy atom. The lowest BCUT2D eigenvalue weighted by Gasteiger charge is -2.22. The van der Waals surface area contributed by atoms with Crippen molar-refractivity contribution in [1.29, 1.82) is 0 Å². The summed E-state index contributed by atoms with van der Waals surface area (Å²) in [4.78, 5) is 30.9. The van der Waals surface area contributed by atoms with E-state index in [0.717, 1.165) is 22.8 Å². The highest BCUT2D eigenvalue weighted by atomic mass is 32.2. The highest BCUT2D eigenvalue weighted by Gasteiger charge is 2.26. The second-order valence-electron chi connectivity index (χ2n) is 7.92. The Kier molecular flexibility index (Phi) is 6.32. The van der Waals surface area contributed by atoms with E-state index in [1.807, 2.05) is 48.7 Å². The van der Waals surface area contributed by atoms with Gasteiger partial charge >= 0.3 is 5.69 Å². The first-order valence-corrected chi connectivity index (χ1v) is 13.3. The van der Waals surface area contributed by atoms with E-state index in [2.05, 4.69) is 15.5 Å². The Balaban J connectivity index is 1.37. The summed E-state index contributed by atoms with van der Waals surface area (Å²) >= 11 is 1.73. The van der Waals surface area contributed by atoms with E-state index in [0.29, 0.717) is 47.8 Å². The lowest BCUT2D eigenvalue weighted by atomic mass is 10.1. The number of benzene rings is 1. The van der Waals surface area contributed by atoms with Crippen molar-refractivity contribution in [3.8, 4) is 11.1 Å². The van der Waals surface area contributed by atoms with Gasteiger partial charge in [-0.25, -0.2) is 9.78 Å². The van der Waals surface area contributed by atoms with Crippen LogP contribution in [0.15, 0.2) is 80.6 Å². The van der Waals surface area contributed by atoms with E-state index < -0.39 is 10.8 Å². The zero-order valence-corrected chi connectivity index (χ0v) is 19.7. The Morgan fingerprint density at radius 3 is 2.73 bits per heavy atom. The molecule has 170 valence electrons. The monoisotopic (exact) mass is 480 g/mol. The lowest BCUT2D eigenvalue weighted by Crippen LogP contribution is -2.44. The van der Waals surface area contributed by atoms with Gasteiger partial charge in [-0.1, -0.05) is 36.4 Å². The molecule has 0 saturated carbocycles. The van der Waals surface area contributed by atoms with Gasteiger partial charge in [0.15, 0.2) is 0 Å². The fraction of sp³-hybridized carbons (Fsp3) is 0.292. The van der Waals surface area contributed by atoms with Gasteiger partial charge in [0.25, 0.3) is 5.56 Å². The van der Waals surface area contributed by atoms with E-state index in [-0.39, 0.29) is 11.2 Å². The normalized spacial score (nSPS) is 15.6. The van der Waals surface area contributed by atoms with Crippen molar-refractivity contribution < 1.29 is 4.21 Å². The van der Waals surface area contributed by atoms with Gasteiger partial charge in [0.05, 0.1) is 21.4 Å². The molecule has 1 aliphatic heterocycles. The molecule has 33 heavy (non-hydrogen) atoms. The highest BCUT2D eigenvalue weighted by molar-refractivity contribution is 7.99. The van der Waals surface area contributed by atoms with Crippen LogP contribution in [0.2, 0.25) is 0 Å². The highest BCUT2D eigenvalue weighted by Crippen LogP contribution is 2.25. The third kappa shape index (κ3) is 4.22. The molecule has 7 nitrogen and oxygen atoms in total. The number of nitrogens with zero attached hydrogens (tertiary/aromatic N) is 4. The van der Waals surface area contributed by atoms with Gasteiger partial charge in [0.2, 0.25) is 0 Å². The van der Waals surface area contributed by atoms with Crippen LogP contribution < -0.4 is 11.2 Å². The van der Waals surface area contributed by atoms with Crippen LogP contribution >= 0.6 is 11.8 Å². The van der Waals surface area contributed by atoms with Crippen molar-refractivity contribution in [2.24, 2.45) is 0 Å². The predicted octanol–water partition coefficient (Wildman–Crippen LogP) is 3.41. The number of hydrogen-bond donors (Lipinski definition) is 0. The molecule has 0 amide bonds. The summed E-state index contributed by atoms with van der Waals surface area (Å²) in [6.45, 7) is 0.838.